The third-order valence-corrected chi connectivity index (χ3v) is 5.70. The van der Waals surface area contributed by atoms with Gasteiger partial charge < -0.3 is 9.88 Å². The Labute approximate surface area is 157 Å². The van der Waals surface area contributed by atoms with E-state index in [0.29, 0.717) is 13.1 Å². The average molecular weight is 357 g/mol. The lowest BCUT2D eigenvalue weighted by Crippen LogP contribution is -2.43. The average Bonchev–Trinajstić information content (AvgIpc) is 3.44. The molecule has 1 atom stereocenters. The van der Waals surface area contributed by atoms with E-state index in [2.05, 4.69) is 28.3 Å². The molecule has 2 aliphatic rings. The fourth-order valence-electron chi connectivity index (χ4n) is 4.42. The molecule has 1 aromatic carbocycles. The number of aromatic amines is 1. The fourth-order valence-corrected chi connectivity index (χ4v) is 4.42. The molecule has 27 heavy (non-hydrogen) atoms. The molecule has 5 rings (SSSR count). The molecule has 6 nitrogen and oxygen atoms in total. The number of benzene rings is 1. The lowest BCUT2D eigenvalue weighted by molar-refractivity contribution is -0.121. The first-order valence-electron chi connectivity index (χ1n) is 9.30. The van der Waals surface area contributed by atoms with Gasteiger partial charge in [-0.1, -0.05) is 12.1 Å². The fraction of sp³-hybridized carbons (Fsp3) is 0.286. The van der Waals surface area contributed by atoms with Gasteiger partial charge in [-0.2, -0.15) is 5.26 Å². The molecule has 3 aromatic rings. The Bertz CT molecular complexity index is 1080. The highest BCUT2D eigenvalue weighted by atomic mass is 16.2. The molecule has 0 aliphatic carbocycles. The number of nitrogens with zero attached hydrogens (tertiary/aromatic N) is 4. The maximum absolute atomic E-state index is 13.1. The van der Waals surface area contributed by atoms with Crippen LogP contribution in [0.15, 0.2) is 42.7 Å². The zero-order valence-electron chi connectivity index (χ0n) is 14.9. The molecule has 134 valence electrons. The first-order valence-corrected chi connectivity index (χ1v) is 9.30. The van der Waals surface area contributed by atoms with Gasteiger partial charge in [-0.05, 0) is 48.6 Å². The topological polar surface area (TPSA) is 76.0 Å². The highest BCUT2D eigenvalue weighted by molar-refractivity contribution is 6.02. The van der Waals surface area contributed by atoms with Crippen molar-refractivity contribution in [2.24, 2.45) is 0 Å². The van der Waals surface area contributed by atoms with E-state index < -0.39 is 0 Å². The van der Waals surface area contributed by atoms with Gasteiger partial charge in [0.1, 0.15) is 11.7 Å². The van der Waals surface area contributed by atoms with Crippen molar-refractivity contribution in [3.8, 4) is 17.3 Å². The van der Waals surface area contributed by atoms with Gasteiger partial charge in [0.05, 0.1) is 0 Å². The zero-order valence-corrected chi connectivity index (χ0v) is 14.9. The molecule has 2 aliphatic heterocycles. The number of nitriles is 1. The van der Waals surface area contributed by atoms with E-state index in [1.54, 1.807) is 11.1 Å². The molecule has 1 N–H and O–H groups in total. The molecule has 0 radical (unpaired) electrons. The molecule has 2 aromatic heterocycles. The monoisotopic (exact) mass is 357 g/mol. The summed E-state index contributed by atoms with van der Waals surface area (Å²) in [7, 11) is 0. The van der Waals surface area contributed by atoms with E-state index in [9.17, 15) is 10.1 Å². The number of likely N-dealkylation sites (tertiary alicyclic amines) is 1. The third-order valence-electron chi connectivity index (χ3n) is 5.70. The van der Waals surface area contributed by atoms with Gasteiger partial charge in [-0.15, -0.1) is 0 Å². The minimum atomic E-state index is -0.318. The van der Waals surface area contributed by atoms with E-state index in [4.69, 9.17) is 0 Å². The van der Waals surface area contributed by atoms with Crippen LogP contribution >= 0.6 is 0 Å². The van der Waals surface area contributed by atoms with Crippen molar-refractivity contribution in [1.82, 2.24) is 14.9 Å². The standard InChI is InChI=1S/C21H19N5O/c22-13-25-10-3-7-19(25)21(27)26-11-8-15-14(4-1-6-18(15)26)17-12-24-20-16(17)5-2-9-23-20/h1-2,4-6,9,12,19H,3,7-8,10-11H2,(H,23,24)/t19-/m0/s1. The summed E-state index contributed by atoms with van der Waals surface area (Å²) in [6.07, 6.45) is 8.42. The number of fused-ring (bicyclic) bond motifs is 2. The normalized spacial score (nSPS) is 18.7. The number of hydrogen-bond donors (Lipinski definition) is 1. The van der Waals surface area contributed by atoms with Crippen LogP contribution in [0.1, 0.15) is 18.4 Å². The van der Waals surface area contributed by atoms with Crippen molar-refractivity contribution in [1.29, 1.82) is 5.26 Å². The smallest absolute Gasteiger partial charge is 0.250 e. The van der Waals surface area contributed by atoms with Crippen LogP contribution in [0.4, 0.5) is 5.69 Å². The Morgan fingerprint density at radius 1 is 1.22 bits per heavy atom. The number of anilines is 1. The summed E-state index contributed by atoms with van der Waals surface area (Å²) in [5.74, 6) is 0.0468. The number of carbonyl (C=O) groups excluding carboxylic acids is 1. The van der Waals surface area contributed by atoms with Crippen molar-refractivity contribution in [2.45, 2.75) is 25.3 Å². The van der Waals surface area contributed by atoms with E-state index in [0.717, 1.165) is 47.1 Å². The number of amides is 1. The molecule has 0 saturated carbocycles. The third kappa shape index (κ3) is 2.39. The van der Waals surface area contributed by atoms with Gasteiger partial charge in [0, 0.05) is 42.1 Å². The van der Waals surface area contributed by atoms with Crippen molar-refractivity contribution >= 4 is 22.6 Å². The number of aromatic nitrogens is 2. The Kier molecular flexibility index (Phi) is 3.61. The van der Waals surface area contributed by atoms with Crippen LogP contribution in [-0.2, 0) is 11.2 Å². The first-order chi connectivity index (χ1) is 13.3. The highest BCUT2D eigenvalue weighted by Crippen LogP contribution is 2.39. The quantitative estimate of drug-likeness (QED) is 0.715. The summed E-state index contributed by atoms with van der Waals surface area (Å²) in [5, 5.41) is 10.4. The van der Waals surface area contributed by atoms with Gasteiger partial charge in [0.2, 0.25) is 5.91 Å². The van der Waals surface area contributed by atoms with Gasteiger partial charge in [0.15, 0.2) is 6.19 Å². The predicted molar refractivity (Wildman–Crippen MR) is 103 cm³/mol. The summed E-state index contributed by atoms with van der Waals surface area (Å²) in [4.78, 5) is 24.2. The summed E-state index contributed by atoms with van der Waals surface area (Å²) < 4.78 is 0. The van der Waals surface area contributed by atoms with Gasteiger partial charge in [-0.25, -0.2) is 4.98 Å². The van der Waals surface area contributed by atoms with E-state index in [1.165, 1.54) is 5.56 Å². The maximum atomic E-state index is 13.1. The molecular formula is C21H19N5O. The van der Waals surface area contributed by atoms with Crippen LogP contribution in [-0.4, -0.2) is 39.9 Å². The van der Waals surface area contributed by atoms with Crippen LogP contribution in [0.2, 0.25) is 0 Å². The van der Waals surface area contributed by atoms with Gasteiger partial charge in [0.25, 0.3) is 0 Å². The summed E-state index contributed by atoms with van der Waals surface area (Å²) in [6, 6.07) is 9.82. The van der Waals surface area contributed by atoms with Crippen molar-refractivity contribution < 1.29 is 4.79 Å². The predicted octanol–water partition coefficient (Wildman–Crippen LogP) is 3.06. The minimum Gasteiger partial charge on any atom is -0.346 e. The number of carbonyl (C=O) groups is 1. The minimum absolute atomic E-state index is 0.0468. The molecule has 1 saturated heterocycles. The second-order valence-electron chi connectivity index (χ2n) is 7.10. The molecule has 0 bridgehead atoms. The highest BCUT2D eigenvalue weighted by Gasteiger charge is 2.36. The Morgan fingerprint density at radius 3 is 3.04 bits per heavy atom. The first kappa shape index (κ1) is 15.9. The maximum Gasteiger partial charge on any atom is 0.250 e. The number of H-pyrrole nitrogens is 1. The second kappa shape index (κ2) is 6.13. The van der Waals surface area contributed by atoms with Crippen molar-refractivity contribution in [3.05, 3.63) is 48.3 Å². The second-order valence-corrected chi connectivity index (χ2v) is 7.10. The number of rotatable bonds is 2. The Hall–Kier alpha value is -3.33. The summed E-state index contributed by atoms with van der Waals surface area (Å²) >= 11 is 0. The van der Waals surface area contributed by atoms with Crippen molar-refractivity contribution in [2.75, 3.05) is 18.0 Å². The summed E-state index contributed by atoms with van der Waals surface area (Å²) in [5.41, 5.74) is 5.29. The largest absolute Gasteiger partial charge is 0.346 e. The number of nitrogens with one attached hydrogen (secondary N) is 1. The zero-order chi connectivity index (χ0) is 18.4. The van der Waals surface area contributed by atoms with E-state index in [-0.39, 0.29) is 11.9 Å². The molecule has 0 unspecified atom stereocenters. The van der Waals surface area contributed by atoms with Gasteiger partial charge >= 0.3 is 0 Å². The molecule has 1 fully saturated rings. The lowest BCUT2D eigenvalue weighted by Gasteiger charge is -2.25. The van der Waals surface area contributed by atoms with Crippen LogP contribution in [0.5, 0.6) is 0 Å². The van der Waals surface area contributed by atoms with Crippen LogP contribution < -0.4 is 4.90 Å². The lowest BCUT2D eigenvalue weighted by atomic mass is 9.98. The van der Waals surface area contributed by atoms with Crippen LogP contribution in [0, 0.1) is 11.5 Å². The van der Waals surface area contributed by atoms with Gasteiger partial charge in [-0.3, -0.25) is 9.69 Å². The van der Waals surface area contributed by atoms with Crippen molar-refractivity contribution in [3.63, 3.8) is 0 Å². The van der Waals surface area contributed by atoms with E-state index in [1.807, 2.05) is 29.3 Å². The van der Waals surface area contributed by atoms with Crippen LogP contribution in [0.3, 0.4) is 0 Å². The SMILES string of the molecule is N#CN1CCC[C@H]1C(=O)N1CCc2c(-c3c[nH]c4ncccc34)cccc21. The number of hydrogen-bond acceptors (Lipinski definition) is 4. The molecule has 6 heteroatoms. The molecule has 4 heterocycles. The summed E-state index contributed by atoms with van der Waals surface area (Å²) in [6.45, 7) is 1.34. The molecule has 0 spiro atoms. The molecule has 1 amide bonds. The van der Waals surface area contributed by atoms with Crippen LogP contribution in [0.25, 0.3) is 22.2 Å². The Balaban J connectivity index is 1.55. The van der Waals surface area contributed by atoms with E-state index >= 15 is 0 Å². The number of pyridine rings is 1. The molecular weight excluding hydrogens is 338 g/mol. The Morgan fingerprint density at radius 2 is 2.15 bits per heavy atom.